The van der Waals surface area contributed by atoms with E-state index in [9.17, 15) is 9.59 Å². The average molecular weight is 359 g/mol. The van der Waals surface area contributed by atoms with Gasteiger partial charge in [-0.15, -0.1) is 0 Å². The van der Waals surface area contributed by atoms with Gasteiger partial charge in [0.15, 0.2) is 0 Å². The number of carbonyl (C=O) groups is 2. The fourth-order valence-corrected chi connectivity index (χ4v) is 2.38. The maximum absolute atomic E-state index is 12.3. The Morgan fingerprint density at radius 2 is 1.76 bits per heavy atom. The molecule has 1 aliphatic heterocycles. The van der Waals surface area contributed by atoms with Gasteiger partial charge < -0.3 is 19.0 Å². The molecule has 7 heteroatoms. The van der Waals surface area contributed by atoms with Crippen molar-refractivity contribution in [3.05, 3.63) is 22.6 Å². The van der Waals surface area contributed by atoms with Crippen LogP contribution < -0.4 is 0 Å². The molecule has 0 spiro atoms. The Hall–Kier alpha value is -1.50. The summed E-state index contributed by atoms with van der Waals surface area (Å²) in [7, 11) is 0. The molecule has 1 aromatic rings. The normalized spacial score (nSPS) is 16.0. The van der Waals surface area contributed by atoms with Crippen LogP contribution in [0.1, 0.15) is 31.3 Å². The van der Waals surface area contributed by atoms with Gasteiger partial charge in [-0.3, -0.25) is 4.79 Å². The summed E-state index contributed by atoms with van der Waals surface area (Å²) in [6.07, 6.45) is 1.13. The Kier molecular flexibility index (Phi) is 4.61. The lowest BCUT2D eigenvalue weighted by molar-refractivity contribution is 0.0137. The summed E-state index contributed by atoms with van der Waals surface area (Å²) in [5, 5.41) is 0. The fourth-order valence-electron chi connectivity index (χ4n) is 2.01. The summed E-state index contributed by atoms with van der Waals surface area (Å²) in [6, 6.07) is 1.68. The molecular weight excluding hydrogens is 340 g/mol. The molecule has 0 aliphatic carbocycles. The minimum Gasteiger partial charge on any atom is -0.458 e. The third kappa shape index (κ3) is 4.00. The first-order valence-electron chi connectivity index (χ1n) is 6.78. The monoisotopic (exact) mass is 358 g/mol. The predicted molar refractivity (Wildman–Crippen MR) is 80.1 cm³/mol. The first kappa shape index (κ1) is 15.9. The van der Waals surface area contributed by atoms with E-state index in [1.165, 1.54) is 6.26 Å². The Balaban J connectivity index is 1.90. The number of halogens is 1. The van der Waals surface area contributed by atoms with E-state index < -0.39 is 5.60 Å². The van der Waals surface area contributed by atoms with Crippen molar-refractivity contribution in [2.24, 2.45) is 0 Å². The van der Waals surface area contributed by atoms with Gasteiger partial charge in [0.05, 0.1) is 10.7 Å². The second kappa shape index (κ2) is 6.09. The summed E-state index contributed by atoms with van der Waals surface area (Å²) in [4.78, 5) is 27.5. The molecule has 1 aliphatic rings. The molecule has 0 saturated carbocycles. The second-order valence-electron chi connectivity index (χ2n) is 5.86. The van der Waals surface area contributed by atoms with Crippen molar-refractivity contribution in [1.82, 2.24) is 9.80 Å². The van der Waals surface area contributed by atoms with Crippen LogP contribution in [0.15, 0.2) is 21.2 Å². The zero-order valence-corrected chi connectivity index (χ0v) is 14.0. The van der Waals surface area contributed by atoms with E-state index in [2.05, 4.69) is 15.9 Å². The van der Waals surface area contributed by atoms with Crippen LogP contribution in [-0.2, 0) is 4.74 Å². The van der Waals surface area contributed by atoms with Gasteiger partial charge in [-0.1, -0.05) is 0 Å². The highest BCUT2D eigenvalue weighted by Crippen LogP contribution is 2.20. The van der Waals surface area contributed by atoms with Crippen molar-refractivity contribution in [1.29, 1.82) is 0 Å². The topological polar surface area (TPSA) is 63.0 Å². The highest BCUT2D eigenvalue weighted by Gasteiger charge is 2.29. The maximum atomic E-state index is 12.3. The van der Waals surface area contributed by atoms with E-state index >= 15 is 0 Å². The summed E-state index contributed by atoms with van der Waals surface area (Å²) in [5.41, 5.74) is -0.511. The molecule has 0 bridgehead atoms. The van der Waals surface area contributed by atoms with Crippen molar-refractivity contribution in [3.8, 4) is 0 Å². The second-order valence-corrected chi connectivity index (χ2v) is 6.71. The van der Waals surface area contributed by atoms with Crippen molar-refractivity contribution in [2.45, 2.75) is 26.4 Å². The molecular formula is C14H19BrN2O4. The zero-order valence-electron chi connectivity index (χ0n) is 12.4. The lowest BCUT2D eigenvalue weighted by Gasteiger charge is -2.35. The number of carbonyl (C=O) groups excluding carboxylic acids is 2. The third-order valence-corrected chi connectivity index (χ3v) is 3.65. The smallest absolute Gasteiger partial charge is 0.410 e. The first-order valence-corrected chi connectivity index (χ1v) is 7.57. The summed E-state index contributed by atoms with van der Waals surface area (Å²) in [6.45, 7) is 7.34. The highest BCUT2D eigenvalue weighted by molar-refractivity contribution is 9.10. The van der Waals surface area contributed by atoms with Crippen LogP contribution in [-0.4, -0.2) is 53.6 Å². The number of hydrogen-bond donors (Lipinski definition) is 0. The Morgan fingerprint density at radius 1 is 1.19 bits per heavy atom. The van der Waals surface area contributed by atoms with Crippen LogP contribution in [0.4, 0.5) is 4.79 Å². The molecule has 0 radical (unpaired) electrons. The van der Waals surface area contributed by atoms with E-state index in [1.807, 2.05) is 20.8 Å². The van der Waals surface area contributed by atoms with Crippen LogP contribution in [0.25, 0.3) is 0 Å². The van der Waals surface area contributed by atoms with Crippen molar-refractivity contribution in [3.63, 3.8) is 0 Å². The van der Waals surface area contributed by atoms with Crippen molar-refractivity contribution in [2.75, 3.05) is 26.2 Å². The molecule has 6 nitrogen and oxygen atoms in total. The van der Waals surface area contributed by atoms with Crippen LogP contribution in [0, 0.1) is 0 Å². The first-order chi connectivity index (χ1) is 9.78. The number of piperazine rings is 1. The van der Waals surface area contributed by atoms with Crippen LogP contribution in [0.5, 0.6) is 0 Å². The molecule has 0 N–H and O–H groups in total. The van der Waals surface area contributed by atoms with E-state index in [0.29, 0.717) is 36.4 Å². The molecule has 1 aromatic heterocycles. The van der Waals surface area contributed by atoms with Crippen molar-refractivity contribution >= 4 is 27.9 Å². The molecule has 2 amide bonds. The molecule has 2 heterocycles. The summed E-state index contributed by atoms with van der Waals surface area (Å²) >= 11 is 3.28. The highest BCUT2D eigenvalue weighted by atomic mass is 79.9. The van der Waals surface area contributed by atoms with Gasteiger partial charge in [0.1, 0.15) is 5.60 Å². The predicted octanol–water partition coefficient (Wildman–Crippen LogP) is 2.74. The van der Waals surface area contributed by atoms with Gasteiger partial charge in [0.25, 0.3) is 5.91 Å². The molecule has 2 rings (SSSR count). The lowest BCUT2D eigenvalue weighted by Crippen LogP contribution is -2.51. The standard InChI is InChI=1S/C14H19BrN2O4/c1-14(2,3)21-13(19)17-7-5-16(6-8-17)12(18)11-10(15)4-9-20-11/h4,9H,5-8H2,1-3H3. The van der Waals surface area contributed by atoms with Gasteiger partial charge in [-0.05, 0) is 42.8 Å². The van der Waals surface area contributed by atoms with Gasteiger partial charge in [-0.2, -0.15) is 0 Å². The quantitative estimate of drug-likeness (QED) is 0.774. The van der Waals surface area contributed by atoms with E-state index in [4.69, 9.17) is 9.15 Å². The number of amides is 2. The van der Waals surface area contributed by atoms with E-state index in [0.717, 1.165) is 0 Å². The molecule has 116 valence electrons. The Morgan fingerprint density at radius 3 is 2.24 bits per heavy atom. The molecule has 0 aromatic carbocycles. The van der Waals surface area contributed by atoms with Crippen molar-refractivity contribution < 1.29 is 18.7 Å². The minimum atomic E-state index is -0.511. The number of hydrogen-bond acceptors (Lipinski definition) is 4. The number of furan rings is 1. The molecule has 0 atom stereocenters. The van der Waals surface area contributed by atoms with E-state index in [1.54, 1.807) is 15.9 Å². The molecule has 21 heavy (non-hydrogen) atoms. The lowest BCUT2D eigenvalue weighted by atomic mass is 10.2. The minimum absolute atomic E-state index is 0.171. The number of rotatable bonds is 1. The Bertz CT molecular complexity index is 527. The fraction of sp³-hybridized carbons (Fsp3) is 0.571. The average Bonchev–Trinajstić information content (AvgIpc) is 2.82. The SMILES string of the molecule is CC(C)(C)OC(=O)N1CCN(C(=O)c2occc2Br)CC1. The number of ether oxygens (including phenoxy) is 1. The van der Waals surface area contributed by atoms with E-state index in [-0.39, 0.29) is 12.0 Å². The van der Waals surface area contributed by atoms with Crippen LogP contribution in [0.2, 0.25) is 0 Å². The van der Waals surface area contributed by atoms with Crippen LogP contribution in [0.3, 0.4) is 0 Å². The summed E-state index contributed by atoms with van der Waals surface area (Å²) in [5.74, 6) is 0.122. The maximum Gasteiger partial charge on any atom is 0.410 e. The van der Waals surface area contributed by atoms with Crippen LogP contribution >= 0.6 is 15.9 Å². The summed E-state index contributed by atoms with van der Waals surface area (Å²) < 4.78 is 11.1. The van der Waals surface area contributed by atoms with Gasteiger partial charge in [0.2, 0.25) is 5.76 Å². The largest absolute Gasteiger partial charge is 0.458 e. The number of nitrogens with zero attached hydrogens (tertiary/aromatic N) is 2. The third-order valence-electron chi connectivity index (χ3n) is 3.03. The molecule has 0 unspecified atom stereocenters. The zero-order chi connectivity index (χ0) is 15.6. The Labute approximate surface area is 132 Å². The van der Waals surface area contributed by atoms with Gasteiger partial charge in [0, 0.05) is 26.2 Å². The molecule has 1 fully saturated rings. The van der Waals surface area contributed by atoms with Gasteiger partial charge >= 0.3 is 6.09 Å². The molecule has 1 saturated heterocycles. The van der Waals surface area contributed by atoms with Gasteiger partial charge in [-0.25, -0.2) is 4.79 Å².